The van der Waals surface area contributed by atoms with Crippen LogP contribution in [0.5, 0.6) is 0 Å². The van der Waals surface area contributed by atoms with Crippen molar-refractivity contribution in [1.29, 1.82) is 0 Å². The summed E-state index contributed by atoms with van der Waals surface area (Å²) in [7, 11) is 1.49. The van der Waals surface area contributed by atoms with Gasteiger partial charge in [-0.2, -0.15) is 0 Å². The van der Waals surface area contributed by atoms with Crippen LogP contribution < -0.4 is 54.8 Å². The lowest BCUT2D eigenvalue weighted by Gasteiger charge is -2.36. The van der Waals surface area contributed by atoms with Gasteiger partial charge in [0.15, 0.2) is 0 Å². The Kier molecular flexibility index (Phi) is 27.3. The molecule has 19 heteroatoms. The first-order valence-corrected chi connectivity index (χ1v) is 26.8. The van der Waals surface area contributed by atoms with Crippen LogP contribution in [-0.4, -0.2) is 129 Å². The summed E-state index contributed by atoms with van der Waals surface area (Å²) in [4.78, 5) is 82.9. The maximum absolute atomic E-state index is 14.7. The van der Waals surface area contributed by atoms with Gasteiger partial charge < -0.3 is 64.3 Å². The SMILES string of the molecule is CNC(=O)C(CSC(c1ccccc1)(c1ccccc1)c1ccccc1)NC(=O)C(CCCCNC(=O)C(COC(C)(C)C)NC(=O)C(N)CCCCN)NC(=O)C(COC(C)(C)C)NC(=O)C(N)CCCCN. The molecule has 0 spiro atoms. The van der Waals surface area contributed by atoms with Crippen molar-refractivity contribution in [2.75, 3.05) is 45.6 Å². The highest BCUT2D eigenvalue weighted by Crippen LogP contribution is 2.48. The summed E-state index contributed by atoms with van der Waals surface area (Å²) < 4.78 is 11.1. The number of carbonyl (C=O) groups is 6. The summed E-state index contributed by atoms with van der Waals surface area (Å²) in [6.07, 6.45) is 4.12. The van der Waals surface area contributed by atoms with Gasteiger partial charge in [0.05, 0.1) is 41.2 Å². The van der Waals surface area contributed by atoms with Crippen molar-refractivity contribution < 1.29 is 38.2 Å². The minimum Gasteiger partial charge on any atom is -0.373 e. The molecule has 3 aromatic rings. The minimum absolute atomic E-state index is 0.0629. The fraction of sp³-hybridized carbons (Fsp3) is 0.564. The fourth-order valence-electron chi connectivity index (χ4n) is 7.83. The molecule has 0 aliphatic carbocycles. The van der Waals surface area contributed by atoms with E-state index >= 15 is 0 Å². The summed E-state index contributed by atoms with van der Waals surface area (Å²) in [6.45, 7) is 11.7. The van der Waals surface area contributed by atoms with E-state index in [0.29, 0.717) is 64.5 Å². The monoisotopic (exact) mass is 1050 g/mol. The van der Waals surface area contributed by atoms with Crippen LogP contribution in [0.15, 0.2) is 91.0 Å². The Balaban J connectivity index is 1.95. The number of benzene rings is 3. The van der Waals surface area contributed by atoms with Gasteiger partial charge >= 0.3 is 0 Å². The summed E-state index contributed by atoms with van der Waals surface area (Å²) in [5.74, 6) is -3.24. The number of carbonyl (C=O) groups excluding carboxylic acids is 6. The Morgan fingerprint density at radius 2 is 0.865 bits per heavy atom. The summed E-state index contributed by atoms with van der Waals surface area (Å²) in [6, 6.07) is 23.5. The van der Waals surface area contributed by atoms with E-state index in [2.05, 4.69) is 31.9 Å². The molecular weight excluding hydrogens is 961 g/mol. The Morgan fingerprint density at radius 1 is 0.486 bits per heavy atom. The van der Waals surface area contributed by atoms with Crippen LogP contribution in [0.3, 0.4) is 0 Å². The van der Waals surface area contributed by atoms with E-state index in [4.69, 9.17) is 32.4 Å². The number of ether oxygens (including phenoxy) is 2. The maximum Gasteiger partial charge on any atom is 0.245 e. The van der Waals surface area contributed by atoms with Crippen molar-refractivity contribution in [2.24, 2.45) is 22.9 Å². The van der Waals surface area contributed by atoms with Gasteiger partial charge in [0.25, 0.3) is 0 Å². The van der Waals surface area contributed by atoms with Gasteiger partial charge in [0.2, 0.25) is 35.4 Å². The summed E-state index contributed by atoms with van der Waals surface area (Å²) in [5.41, 5.74) is 25.2. The molecule has 0 bridgehead atoms. The minimum atomic E-state index is -1.25. The van der Waals surface area contributed by atoms with E-state index in [-0.39, 0.29) is 31.9 Å². The van der Waals surface area contributed by atoms with Crippen LogP contribution in [0, 0.1) is 0 Å². The second kappa shape index (κ2) is 32.1. The molecule has 0 saturated heterocycles. The number of nitrogens with two attached hydrogens (primary N) is 4. The number of hydrogen-bond donors (Lipinski definition) is 10. The second-order valence-corrected chi connectivity index (χ2v) is 21.6. The van der Waals surface area contributed by atoms with Gasteiger partial charge in [-0.05, 0) is 116 Å². The van der Waals surface area contributed by atoms with E-state index in [1.54, 1.807) is 0 Å². The molecular formula is C55H86N10O8S. The van der Waals surface area contributed by atoms with Crippen molar-refractivity contribution in [1.82, 2.24) is 31.9 Å². The molecule has 0 fully saturated rings. The van der Waals surface area contributed by atoms with Crippen molar-refractivity contribution in [3.05, 3.63) is 108 Å². The number of thioether (sulfide) groups is 1. The van der Waals surface area contributed by atoms with Crippen LogP contribution in [0.4, 0.5) is 0 Å². The van der Waals surface area contributed by atoms with Crippen molar-refractivity contribution in [3.63, 3.8) is 0 Å². The standard InChI is InChI=1S/C55H86N10O8S/c1-53(2,3)72-35-44(63-47(66)41(58)29-17-20-32-56)50(69)61-34-22-19-31-43(62-52(71)45(36-73-54(4,5)6)64-48(67)42(59)30-18-21-33-57)51(70)65-46(49(68)60-7)37-74-55(38-23-11-8-12-24-38,39-25-13-9-14-26-39)40-27-15-10-16-28-40/h8-16,23-28,41-46H,17-22,29-37,56-59H2,1-7H3,(H,60,68)(H,61,69)(H,62,71)(H,63,66)(H,64,67)(H,65,70). The predicted octanol–water partition coefficient (Wildman–Crippen LogP) is 3.23. The zero-order valence-corrected chi connectivity index (χ0v) is 45.5. The third kappa shape index (κ3) is 21.8. The zero-order chi connectivity index (χ0) is 54.7. The number of nitrogens with one attached hydrogen (secondary N) is 6. The van der Waals surface area contributed by atoms with Gasteiger partial charge in [0, 0.05) is 19.3 Å². The smallest absolute Gasteiger partial charge is 0.245 e. The molecule has 3 aromatic carbocycles. The molecule has 0 heterocycles. The average molecular weight is 1050 g/mol. The number of likely N-dealkylation sites (N-methyl/N-ethyl adjacent to an activating group) is 1. The number of hydrogen-bond acceptors (Lipinski definition) is 13. The molecule has 6 atom stereocenters. The molecule has 6 amide bonds. The summed E-state index contributed by atoms with van der Waals surface area (Å²) in [5, 5.41) is 16.8. The molecule has 0 aromatic heterocycles. The first-order chi connectivity index (χ1) is 35.1. The first-order valence-electron chi connectivity index (χ1n) is 25.9. The quantitative estimate of drug-likeness (QED) is 0.0310. The Morgan fingerprint density at radius 3 is 1.27 bits per heavy atom. The average Bonchev–Trinajstić information content (AvgIpc) is 3.37. The highest BCUT2D eigenvalue weighted by Gasteiger charge is 2.39. The van der Waals surface area contributed by atoms with Crippen molar-refractivity contribution >= 4 is 47.2 Å². The Hall–Kier alpha value is -5.41. The van der Waals surface area contributed by atoms with Gasteiger partial charge in [0.1, 0.15) is 24.2 Å². The van der Waals surface area contributed by atoms with Crippen LogP contribution in [0.25, 0.3) is 0 Å². The van der Waals surface area contributed by atoms with Gasteiger partial charge in [-0.3, -0.25) is 28.8 Å². The molecule has 0 aliphatic rings. The molecule has 14 N–H and O–H groups in total. The van der Waals surface area contributed by atoms with E-state index in [1.165, 1.54) is 18.8 Å². The molecule has 74 heavy (non-hydrogen) atoms. The van der Waals surface area contributed by atoms with Gasteiger partial charge in [-0.1, -0.05) is 104 Å². The number of rotatable bonds is 33. The zero-order valence-electron chi connectivity index (χ0n) is 44.7. The molecule has 0 saturated carbocycles. The second-order valence-electron chi connectivity index (χ2n) is 20.4. The van der Waals surface area contributed by atoms with E-state index in [9.17, 15) is 28.8 Å². The van der Waals surface area contributed by atoms with Crippen LogP contribution >= 0.6 is 11.8 Å². The lowest BCUT2D eigenvalue weighted by Crippen LogP contribution is -2.59. The van der Waals surface area contributed by atoms with Crippen molar-refractivity contribution in [3.8, 4) is 0 Å². The molecule has 18 nitrogen and oxygen atoms in total. The third-order valence-corrected chi connectivity index (χ3v) is 13.6. The van der Waals surface area contributed by atoms with Gasteiger partial charge in [-0.15, -0.1) is 11.8 Å². The Bertz CT molecular complexity index is 2060. The molecule has 410 valence electrons. The maximum atomic E-state index is 14.7. The highest BCUT2D eigenvalue weighted by atomic mass is 32.2. The number of amides is 6. The van der Waals surface area contributed by atoms with E-state index in [0.717, 1.165) is 16.7 Å². The third-order valence-electron chi connectivity index (χ3n) is 12.0. The van der Waals surface area contributed by atoms with Crippen molar-refractivity contribution in [2.45, 2.75) is 152 Å². The number of unbranched alkanes of at least 4 members (excludes halogenated alkanes) is 3. The summed E-state index contributed by atoms with van der Waals surface area (Å²) >= 11 is 1.49. The van der Waals surface area contributed by atoms with Crippen LogP contribution in [0.2, 0.25) is 0 Å². The van der Waals surface area contributed by atoms with Crippen LogP contribution in [-0.2, 0) is 43.0 Å². The largest absolute Gasteiger partial charge is 0.373 e. The predicted molar refractivity (Wildman–Crippen MR) is 293 cm³/mol. The molecule has 0 aliphatic heterocycles. The molecule has 0 radical (unpaired) electrons. The highest BCUT2D eigenvalue weighted by molar-refractivity contribution is 8.00. The fourth-order valence-corrected chi connectivity index (χ4v) is 9.38. The van der Waals surface area contributed by atoms with E-state index in [1.807, 2.05) is 133 Å². The normalized spacial score (nSPS) is 14.3. The first kappa shape index (κ1) is 62.9. The van der Waals surface area contributed by atoms with Crippen LogP contribution in [0.1, 0.15) is 116 Å². The van der Waals surface area contributed by atoms with Gasteiger partial charge in [-0.25, -0.2) is 0 Å². The van der Waals surface area contributed by atoms with E-state index < -0.39 is 87.6 Å². The molecule has 3 rings (SSSR count). The lowest BCUT2D eigenvalue weighted by molar-refractivity contribution is -0.136. The lowest BCUT2D eigenvalue weighted by atomic mass is 9.84. The molecule has 6 unspecified atom stereocenters. The topological polar surface area (TPSA) is 297 Å². The Labute approximate surface area is 443 Å².